The summed E-state index contributed by atoms with van der Waals surface area (Å²) in [7, 11) is 0. The van der Waals surface area contributed by atoms with Gasteiger partial charge in [0.1, 0.15) is 16.9 Å². The summed E-state index contributed by atoms with van der Waals surface area (Å²) in [4.78, 5) is 40.0. The van der Waals surface area contributed by atoms with Crippen molar-refractivity contribution < 1.29 is 9.18 Å². The van der Waals surface area contributed by atoms with Crippen LogP contribution >= 0.6 is 0 Å². The van der Waals surface area contributed by atoms with Crippen molar-refractivity contribution in [1.29, 1.82) is 0 Å². The lowest BCUT2D eigenvalue weighted by atomic mass is 10.1. The number of aromatic nitrogens is 3. The Morgan fingerprint density at radius 3 is 2.67 bits per heavy atom. The zero-order chi connectivity index (χ0) is 22.9. The Kier molecular flexibility index (Phi) is 5.80. The second kappa shape index (κ2) is 8.90. The summed E-state index contributed by atoms with van der Waals surface area (Å²) in [5.41, 5.74) is 2.97. The summed E-state index contributed by atoms with van der Waals surface area (Å²) in [5.74, 6) is -0.525. The Morgan fingerprint density at radius 1 is 1.21 bits per heavy atom. The van der Waals surface area contributed by atoms with Crippen molar-refractivity contribution in [2.45, 2.75) is 38.8 Å². The minimum Gasteiger partial charge on any atom is -0.368 e. The van der Waals surface area contributed by atoms with Crippen molar-refractivity contribution in [2.75, 3.05) is 31.1 Å². The number of aromatic amines is 1. The molecular weight excluding hydrogens is 423 g/mol. The SMILES string of the molecule is CCc1nc2c(F)cc(CN3CCN(c4ccc(C(=O)NC5CC5)nc4)CC3)cc2[nH]c1=O. The van der Waals surface area contributed by atoms with Crippen molar-refractivity contribution in [3.63, 3.8) is 0 Å². The van der Waals surface area contributed by atoms with Crippen LogP contribution in [-0.2, 0) is 13.0 Å². The Bertz CT molecular complexity index is 1230. The number of H-pyrrole nitrogens is 1. The molecule has 3 aromatic rings. The summed E-state index contributed by atoms with van der Waals surface area (Å²) >= 11 is 0. The molecule has 3 heterocycles. The van der Waals surface area contributed by atoms with Gasteiger partial charge in [0.05, 0.1) is 17.4 Å². The van der Waals surface area contributed by atoms with E-state index in [9.17, 15) is 14.0 Å². The van der Waals surface area contributed by atoms with Crippen molar-refractivity contribution in [3.8, 4) is 0 Å². The standard InChI is InChI=1S/C24H27FN6O2/c1-2-19-23(32)29-21-12-15(11-18(25)22(21)28-19)14-30-7-9-31(10-8-30)17-5-6-20(26-13-17)24(33)27-16-3-4-16/h5-6,11-13,16H,2-4,7-10,14H2,1H3,(H,27,33)(H,29,32). The molecule has 5 rings (SSSR count). The van der Waals surface area contributed by atoms with Gasteiger partial charge in [-0.25, -0.2) is 14.4 Å². The number of carbonyl (C=O) groups is 1. The van der Waals surface area contributed by atoms with Crippen LogP contribution in [0.4, 0.5) is 10.1 Å². The third-order valence-corrected chi connectivity index (χ3v) is 6.25. The first-order valence-electron chi connectivity index (χ1n) is 11.5. The number of hydrogen-bond donors (Lipinski definition) is 2. The number of anilines is 1. The van der Waals surface area contributed by atoms with Crippen molar-refractivity contribution in [1.82, 2.24) is 25.2 Å². The summed E-state index contributed by atoms with van der Waals surface area (Å²) in [5, 5.41) is 2.95. The molecule has 1 aromatic carbocycles. The highest BCUT2D eigenvalue weighted by molar-refractivity contribution is 5.92. The lowest BCUT2D eigenvalue weighted by Crippen LogP contribution is -2.46. The van der Waals surface area contributed by atoms with Gasteiger partial charge < -0.3 is 15.2 Å². The second-order valence-electron chi connectivity index (χ2n) is 8.75. The molecule has 172 valence electrons. The first-order valence-corrected chi connectivity index (χ1v) is 11.5. The lowest BCUT2D eigenvalue weighted by Gasteiger charge is -2.36. The minimum absolute atomic E-state index is 0.112. The molecule has 2 fully saturated rings. The van der Waals surface area contributed by atoms with Gasteiger partial charge in [-0.15, -0.1) is 0 Å². The molecule has 8 nitrogen and oxygen atoms in total. The van der Waals surface area contributed by atoms with Crippen LogP contribution in [-0.4, -0.2) is 58.0 Å². The summed E-state index contributed by atoms with van der Waals surface area (Å²) in [6, 6.07) is 7.35. The highest BCUT2D eigenvalue weighted by Gasteiger charge is 2.24. The summed E-state index contributed by atoms with van der Waals surface area (Å²) in [6.45, 7) is 5.66. The Morgan fingerprint density at radius 2 is 2.00 bits per heavy atom. The van der Waals surface area contributed by atoms with Gasteiger partial charge in [0, 0.05) is 38.8 Å². The number of rotatable bonds is 6. The molecule has 0 unspecified atom stereocenters. The fourth-order valence-electron chi connectivity index (χ4n) is 4.19. The molecule has 1 aliphatic heterocycles. The number of hydrogen-bond acceptors (Lipinski definition) is 6. The maximum atomic E-state index is 14.6. The normalized spacial score (nSPS) is 16.8. The number of fused-ring (bicyclic) bond motifs is 1. The smallest absolute Gasteiger partial charge is 0.270 e. The zero-order valence-corrected chi connectivity index (χ0v) is 18.6. The zero-order valence-electron chi connectivity index (χ0n) is 18.6. The lowest BCUT2D eigenvalue weighted by molar-refractivity contribution is 0.0946. The minimum atomic E-state index is -0.413. The maximum absolute atomic E-state index is 14.6. The molecule has 9 heteroatoms. The first kappa shape index (κ1) is 21.5. The number of benzene rings is 1. The van der Waals surface area contributed by atoms with Crippen LogP contribution in [0.3, 0.4) is 0 Å². The largest absolute Gasteiger partial charge is 0.368 e. The van der Waals surface area contributed by atoms with Crippen LogP contribution in [0, 0.1) is 5.82 Å². The number of halogens is 1. The molecule has 1 saturated carbocycles. The van der Waals surface area contributed by atoms with Crippen LogP contribution < -0.4 is 15.8 Å². The van der Waals surface area contributed by atoms with Crippen LogP contribution in [0.2, 0.25) is 0 Å². The van der Waals surface area contributed by atoms with E-state index >= 15 is 0 Å². The van der Waals surface area contributed by atoms with Gasteiger partial charge in [0.25, 0.3) is 11.5 Å². The van der Waals surface area contributed by atoms with E-state index in [1.165, 1.54) is 6.07 Å². The number of nitrogens with one attached hydrogen (secondary N) is 2. The van der Waals surface area contributed by atoms with Gasteiger partial charge in [-0.05, 0) is 49.1 Å². The van der Waals surface area contributed by atoms with Crippen molar-refractivity contribution in [2.24, 2.45) is 0 Å². The highest BCUT2D eigenvalue weighted by atomic mass is 19.1. The third kappa shape index (κ3) is 4.73. The Balaban J connectivity index is 1.21. The molecule has 1 saturated heterocycles. The molecule has 1 aliphatic carbocycles. The van der Waals surface area contributed by atoms with E-state index in [2.05, 4.69) is 30.1 Å². The summed E-state index contributed by atoms with van der Waals surface area (Å²) in [6.07, 6.45) is 4.32. The number of nitrogens with zero attached hydrogens (tertiary/aromatic N) is 4. The Labute approximate surface area is 190 Å². The molecule has 0 bridgehead atoms. The van der Waals surface area contributed by atoms with Crippen LogP contribution in [0.1, 0.15) is 41.5 Å². The van der Waals surface area contributed by atoms with E-state index in [1.54, 1.807) is 12.3 Å². The van der Waals surface area contributed by atoms with Gasteiger partial charge in [0.15, 0.2) is 5.82 Å². The summed E-state index contributed by atoms with van der Waals surface area (Å²) < 4.78 is 14.6. The monoisotopic (exact) mass is 450 g/mol. The quantitative estimate of drug-likeness (QED) is 0.598. The molecule has 0 radical (unpaired) electrons. The van der Waals surface area contributed by atoms with Crippen LogP contribution in [0.5, 0.6) is 0 Å². The van der Waals surface area contributed by atoms with Crippen molar-refractivity contribution in [3.05, 3.63) is 63.6 Å². The molecule has 2 N–H and O–H groups in total. The van der Waals surface area contributed by atoms with E-state index in [0.717, 1.165) is 50.3 Å². The molecule has 0 spiro atoms. The average molecular weight is 451 g/mol. The molecule has 2 aliphatic rings. The highest BCUT2D eigenvalue weighted by Crippen LogP contribution is 2.21. The topological polar surface area (TPSA) is 94.2 Å². The number of pyridine rings is 1. The second-order valence-corrected chi connectivity index (χ2v) is 8.75. The van der Waals surface area contributed by atoms with E-state index in [0.29, 0.717) is 35.9 Å². The van der Waals surface area contributed by atoms with E-state index in [-0.39, 0.29) is 17.0 Å². The third-order valence-electron chi connectivity index (χ3n) is 6.25. The first-order chi connectivity index (χ1) is 16.0. The number of aryl methyl sites for hydroxylation is 1. The van der Waals surface area contributed by atoms with E-state index < -0.39 is 5.82 Å². The Hall–Kier alpha value is -3.33. The van der Waals surface area contributed by atoms with Gasteiger partial charge >= 0.3 is 0 Å². The molecule has 0 atom stereocenters. The molecular formula is C24H27FN6O2. The van der Waals surface area contributed by atoms with Crippen LogP contribution in [0.15, 0.2) is 35.3 Å². The van der Waals surface area contributed by atoms with Gasteiger partial charge in [-0.2, -0.15) is 0 Å². The van der Waals surface area contributed by atoms with Gasteiger partial charge in [-0.3, -0.25) is 14.5 Å². The fourth-order valence-corrected chi connectivity index (χ4v) is 4.19. The predicted molar refractivity (Wildman–Crippen MR) is 124 cm³/mol. The average Bonchev–Trinajstić information content (AvgIpc) is 3.63. The number of amides is 1. The molecule has 33 heavy (non-hydrogen) atoms. The predicted octanol–water partition coefficient (Wildman–Crippen LogP) is 2.23. The molecule has 2 aromatic heterocycles. The van der Waals surface area contributed by atoms with E-state index in [4.69, 9.17) is 0 Å². The van der Waals surface area contributed by atoms with Gasteiger partial charge in [0.2, 0.25) is 0 Å². The van der Waals surface area contributed by atoms with Crippen LogP contribution in [0.25, 0.3) is 11.0 Å². The number of piperazine rings is 1. The molecule has 1 amide bonds. The number of carbonyl (C=O) groups excluding carboxylic acids is 1. The maximum Gasteiger partial charge on any atom is 0.270 e. The van der Waals surface area contributed by atoms with Crippen molar-refractivity contribution >= 4 is 22.6 Å². The fraction of sp³-hybridized carbons (Fsp3) is 0.417. The van der Waals surface area contributed by atoms with E-state index in [1.807, 2.05) is 19.1 Å². The van der Waals surface area contributed by atoms with Gasteiger partial charge in [-0.1, -0.05) is 6.92 Å².